The molecular weight excluding hydrogens is 308 g/mol. The minimum atomic E-state index is -3.46. The third-order valence-electron chi connectivity index (χ3n) is 4.39. The summed E-state index contributed by atoms with van der Waals surface area (Å²) in [5.74, 6) is 0. The van der Waals surface area contributed by atoms with E-state index in [9.17, 15) is 8.42 Å². The summed E-state index contributed by atoms with van der Waals surface area (Å²) in [6, 6.07) is 5.23. The Morgan fingerprint density at radius 3 is 2.86 bits per heavy atom. The first kappa shape index (κ1) is 13.6. The van der Waals surface area contributed by atoms with Gasteiger partial charge in [-0.3, -0.25) is 0 Å². The van der Waals surface area contributed by atoms with E-state index in [2.05, 4.69) is 14.1 Å². The van der Waals surface area contributed by atoms with Gasteiger partial charge in [0.25, 0.3) is 0 Å². The van der Waals surface area contributed by atoms with Crippen LogP contribution in [0.25, 0.3) is 11.0 Å². The molecule has 0 radical (unpaired) electrons. The SMILES string of the molecule is O=S(=O)(c1ccc2nsnc2c1)N1[C@H]2CCNC[C@@H]1CC2. The fourth-order valence-corrected chi connectivity index (χ4v) is 5.81. The van der Waals surface area contributed by atoms with Crippen molar-refractivity contribution in [1.29, 1.82) is 0 Å². The first-order valence-corrected chi connectivity index (χ1v) is 9.30. The molecule has 0 aliphatic carbocycles. The average Bonchev–Trinajstić information content (AvgIpc) is 3.01. The zero-order chi connectivity index (χ0) is 14.4. The van der Waals surface area contributed by atoms with Crippen molar-refractivity contribution in [3.05, 3.63) is 18.2 Å². The maximum Gasteiger partial charge on any atom is 0.243 e. The van der Waals surface area contributed by atoms with Crippen LogP contribution in [0.2, 0.25) is 0 Å². The van der Waals surface area contributed by atoms with Crippen LogP contribution in [-0.4, -0.2) is 46.6 Å². The largest absolute Gasteiger partial charge is 0.315 e. The van der Waals surface area contributed by atoms with Gasteiger partial charge in [0.05, 0.1) is 16.6 Å². The van der Waals surface area contributed by atoms with Crippen LogP contribution in [0.1, 0.15) is 19.3 Å². The Balaban J connectivity index is 1.78. The standard InChI is InChI=1S/C13H16N4O2S2/c18-21(19,11-3-4-12-13(7-11)16-20-15-12)17-9-1-2-10(17)8-14-6-5-9/h3-4,7,9-10,14H,1-2,5-6,8H2/t9-,10+/m1/s1. The van der Waals surface area contributed by atoms with Gasteiger partial charge in [0.15, 0.2) is 0 Å². The van der Waals surface area contributed by atoms with Gasteiger partial charge in [-0.25, -0.2) is 8.42 Å². The Labute approximate surface area is 127 Å². The summed E-state index contributed by atoms with van der Waals surface area (Å²) in [4.78, 5) is 0.335. The van der Waals surface area contributed by atoms with E-state index in [4.69, 9.17) is 0 Å². The van der Waals surface area contributed by atoms with Crippen molar-refractivity contribution in [3.63, 3.8) is 0 Å². The van der Waals surface area contributed by atoms with Crippen LogP contribution in [0.4, 0.5) is 0 Å². The molecule has 1 aromatic heterocycles. The van der Waals surface area contributed by atoms with Crippen LogP contribution in [0.3, 0.4) is 0 Å². The highest BCUT2D eigenvalue weighted by molar-refractivity contribution is 7.89. The van der Waals surface area contributed by atoms with E-state index in [0.29, 0.717) is 10.4 Å². The molecule has 2 bridgehead atoms. The molecule has 112 valence electrons. The summed E-state index contributed by atoms with van der Waals surface area (Å²) >= 11 is 1.11. The molecule has 6 nitrogen and oxygen atoms in total. The van der Waals surface area contributed by atoms with E-state index in [1.165, 1.54) is 0 Å². The number of fused-ring (bicyclic) bond motifs is 3. The third kappa shape index (κ3) is 2.17. The maximum atomic E-state index is 13.0. The molecule has 8 heteroatoms. The first-order chi connectivity index (χ1) is 10.2. The van der Waals surface area contributed by atoms with E-state index in [1.54, 1.807) is 22.5 Å². The Morgan fingerprint density at radius 1 is 1.14 bits per heavy atom. The van der Waals surface area contributed by atoms with Crippen LogP contribution in [0.15, 0.2) is 23.1 Å². The fourth-order valence-electron chi connectivity index (χ4n) is 3.37. The van der Waals surface area contributed by atoms with E-state index in [-0.39, 0.29) is 12.1 Å². The molecule has 2 saturated heterocycles. The maximum absolute atomic E-state index is 13.0. The van der Waals surface area contributed by atoms with E-state index in [0.717, 1.165) is 49.6 Å². The van der Waals surface area contributed by atoms with E-state index < -0.39 is 10.0 Å². The number of benzene rings is 1. The van der Waals surface area contributed by atoms with Gasteiger partial charge < -0.3 is 5.32 Å². The number of hydrogen-bond acceptors (Lipinski definition) is 6. The number of nitrogens with zero attached hydrogens (tertiary/aromatic N) is 3. The quantitative estimate of drug-likeness (QED) is 0.898. The lowest BCUT2D eigenvalue weighted by Crippen LogP contribution is -2.42. The second kappa shape index (κ2) is 4.98. The molecule has 3 heterocycles. The Bertz CT molecular complexity index is 759. The van der Waals surface area contributed by atoms with E-state index in [1.807, 2.05) is 0 Å². The summed E-state index contributed by atoms with van der Waals surface area (Å²) in [6.07, 6.45) is 2.79. The molecule has 2 aliphatic heterocycles. The molecule has 4 rings (SSSR count). The Hall–Kier alpha value is -1.09. The minimum Gasteiger partial charge on any atom is -0.315 e. The van der Waals surface area contributed by atoms with Crippen molar-refractivity contribution in [2.45, 2.75) is 36.2 Å². The zero-order valence-electron chi connectivity index (χ0n) is 11.4. The Kier molecular flexibility index (Phi) is 3.21. The molecule has 2 aliphatic rings. The van der Waals surface area contributed by atoms with Crippen LogP contribution >= 0.6 is 11.7 Å². The summed E-state index contributed by atoms with van der Waals surface area (Å²) in [7, 11) is -3.46. The second-order valence-electron chi connectivity index (χ2n) is 5.63. The summed E-state index contributed by atoms with van der Waals surface area (Å²) in [5.41, 5.74) is 1.40. The second-order valence-corrected chi connectivity index (χ2v) is 8.00. The molecule has 2 atom stereocenters. The summed E-state index contributed by atoms with van der Waals surface area (Å²) in [6.45, 7) is 1.64. The molecule has 2 aromatic rings. The molecule has 0 unspecified atom stereocenters. The third-order valence-corrected chi connectivity index (χ3v) is 6.95. The topological polar surface area (TPSA) is 75.2 Å². The van der Waals surface area contributed by atoms with Gasteiger partial charge in [-0.1, -0.05) is 0 Å². The van der Waals surface area contributed by atoms with Crippen molar-refractivity contribution in [3.8, 4) is 0 Å². The zero-order valence-corrected chi connectivity index (χ0v) is 13.0. The number of aromatic nitrogens is 2. The van der Waals surface area contributed by atoms with E-state index >= 15 is 0 Å². The highest BCUT2D eigenvalue weighted by atomic mass is 32.2. The van der Waals surface area contributed by atoms with Gasteiger partial charge in [0.1, 0.15) is 11.0 Å². The summed E-state index contributed by atoms with van der Waals surface area (Å²) in [5, 5.41) is 3.33. The number of hydrogen-bond donors (Lipinski definition) is 1. The van der Waals surface area contributed by atoms with Gasteiger partial charge >= 0.3 is 0 Å². The minimum absolute atomic E-state index is 0.0757. The van der Waals surface area contributed by atoms with Gasteiger partial charge in [0.2, 0.25) is 10.0 Å². The average molecular weight is 324 g/mol. The molecule has 0 saturated carbocycles. The van der Waals surface area contributed by atoms with Gasteiger partial charge in [-0.15, -0.1) is 0 Å². The lowest BCUT2D eigenvalue weighted by atomic mass is 10.1. The smallest absolute Gasteiger partial charge is 0.243 e. The molecule has 0 amide bonds. The summed E-state index contributed by atoms with van der Waals surface area (Å²) < 4.78 is 36.0. The van der Waals surface area contributed by atoms with Crippen LogP contribution in [-0.2, 0) is 10.0 Å². The van der Waals surface area contributed by atoms with Crippen molar-refractivity contribution in [1.82, 2.24) is 18.4 Å². The molecule has 2 fully saturated rings. The fraction of sp³-hybridized carbons (Fsp3) is 0.538. The van der Waals surface area contributed by atoms with Crippen LogP contribution in [0, 0.1) is 0 Å². The number of rotatable bonds is 2. The normalized spacial score (nSPS) is 27.0. The molecular formula is C13H16N4O2S2. The predicted molar refractivity (Wildman–Crippen MR) is 80.7 cm³/mol. The van der Waals surface area contributed by atoms with Crippen LogP contribution in [0.5, 0.6) is 0 Å². The van der Waals surface area contributed by atoms with Gasteiger partial charge in [-0.05, 0) is 44.0 Å². The monoisotopic (exact) mass is 324 g/mol. The van der Waals surface area contributed by atoms with Crippen molar-refractivity contribution < 1.29 is 8.42 Å². The lowest BCUT2D eigenvalue weighted by molar-refractivity contribution is 0.334. The molecule has 21 heavy (non-hydrogen) atoms. The highest BCUT2D eigenvalue weighted by Gasteiger charge is 2.43. The molecule has 1 aromatic carbocycles. The van der Waals surface area contributed by atoms with Crippen molar-refractivity contribution >= 4 is 32.8 Å². The number of nitrogens with one attached hydrogen (secondary N) is 1. The van der Waals surface area contributed by atoms with Gasteiger partial charge in [-0.2, -0.15) is 13.1 Å². The first-order valence-electron chi connectivity index (χ1n) is 7.13. The lowest BCUT2D eigenvalue weighted by Gasteiger charge is -2.26. The van der Waals surface area contributed by atoms with Gasteiger partial charge in [0, 0.05) is 18.6 Å². The van der Waals surface area contributed by atoms with Crippen LogP contribution < -0.4 is 5.32 Å². The molecule has 1 N–H and O–H groups in total. The molecule has 0 spiro atoms. The number of sulfonamides is 1. The van der Waals surface area contributed by atoms with Crippen molar-refractivity contribution in [2.75, 3.05) is 13.1 Å². The predicted octanol–water partition coefficient (Wildman–Crippen LogP) is 1.21. The Morgan fingerprint density at radius 2 is 1.95 bits per heavy atom. The van der Waals surface area contributed by atoms with Crippen molar-refractivity contribution in [2.24, 2.45) is 0 Å². The highest BCUT2D eigenvalue weighted by Crippen LogP contribution is 2.34.